The predicted octanol–water partition coefficient (Wildman–Crippen LogP) is 2.57. The van der Waals surface area contributed by atoms with Crippen molar-refractivity contribution in [3.05, 3.63) is 27.7 Å². The van der Waals surface area contributed by atoms with Crippen molar-refractivity contribution < 1.29 is 13.2 Å². The fourth-order valence-corrected chi connectivity index (χ4v) is 3.40. The van der Waals surface area contributed by atoms with Crippen LogP contribution in [0.2, 0.25) is 0 Å². The van der Waals surface area contributed by atoms with Gasteiger partial charge in [-0.15, -0.1) is 0 Å². The SMILES string of the molecule is CCC(C)C(C)NC(=O)c1cc(Br)cc(S(N)(=O)=O)c1C. The van der Waals surface area contributed by atoms with E-state index in [4.69, 9.17) is 5.14 Å². The Bertz CT molecular complexity index is 644. The third-order valence-electron chi connectivity index (χ3n) is 3.73. The van der Waals surface area contributed by atoms with Gasteiger partial charge < -0.3 is 5.32 Å². The lowest BCUT2D eigenvalue weighted by Crippen LogP contribution is -2.37. The number of halogens is 1. The van der Waals surface area contributed by atoms with Gasteiger partial charge in [0.25, 0.3) is 5.91 Å². The molecule has 5 nitrogen and oxygen atoms in total. The van der Waals surface area contributed by atoms with Crippen LogP contribution in [-0.4, -0.2) is 20.4 Å². The number of hydrogen-bond donors (Lipinski definition) is 2. The van der Waals surface area contributed by atoms with Crippen LogP contribution in [-0.2, 0) is 10.0 Å². The quantitative estimate of drug-likeness (QED) is 0.827. The van der Waals surface area contributed by atoms with E-state index in [9.17, 15) is 13.2 Å². The van der Waals surface area contributed by atoms with Gasteiger partial charge in [0.15, 0.2) is 0 Å². The minimum atomic E-state index is -3.87. The van der Waals surface area contributed by atoms with Crippen LogP contribution in [0.25, 0.3) is 0 Å². The molecule has 0 saturated carbocycles. The van der Waals surface area contributed by atoms with Crippen molar-refractivity contribution in [3.63, 3.8) is 0 Å². The minimum Gasteiger partial charge on any atom is -0.349 e. The number of amides is 1. The second-order valence-corrected chi connectivity index (χ2v) is 7.71. The number of carbonyl (C=O) groups is 1. The number of hydrogen-bond acceptors (Lipinski definition) is 3. The van der Waals surface area contributed by atoms with E-state index < -0.39 is 10.0 Å². The van der Waals surface area contributed by atoms with Gasteiger partial charge in [-0.05, 0) is 37.5 Å². The van der Waals surface area contributed by atoms with Gasteiger partial charge >= 0.3 is 0 Å². The summed E-state index contributed by atoms with van der Waals surface area (Å²) in [4.78, 5) is 12.3. The van der Waals surface area contributed by atoms with Crippen LogP contribution in [0.1, 0.15) is 43.1 Å². The first-order valence-electron chi connectivity index (χ1n) is 6.71. The highest BCUT2D eigenvalue weighted by molar-refractivity contribution is 9.10. The molecule has 0 radical (unpaired) electrons. The molecule has 0 aliphatic rings. The maximum Gasteiger partial charge on any atom is 0.251 e. The Labute approximate surface area is 134 Å². The molecule has 1 aromatic carbocycles. The molecule has 0 heterocycles. The fourth-order valence-electron chi connectivity index (χ4n) is 1.97. The Balaban J connectivity index is 3.20. The van der Waals surface area contributed by atoms with Gasteiger partial charge in [-0.1, -0.05) is 36.2 Å². The number of benzene rings is 1. The third-order valence-corrected chi connectivity index (χ3v) is 5.23. The van der Waals surface area contributed by atoms with Gasteiger partial charge in [-0.3, -0.25) is 4.79 Å². The molecule has 3 N–H and O–H groups in total. The van der Waals surface area contributed by atoms with Gasteiger partial charge in [0.05, 0.1) is 4.90 Å². The molecule has 0 aliphatic heterocycles. The lowest BCUT2D eigenvalue weighted by Gasteiger charge is -2.21. The van der Waals surface area contributed by atoms with Crippen molar-refractivity contribution in [2.45, 2.75) is 45.1 Å². The van der Waals surface area contributed by atoms with Gasteiger partial charge in [-0.2, -0.15) is 0 Å². The standard InChI is InChI=1S/C14H21BrN2O3S/c1-5-8(2)10(4)17-14(18)12-6-11(15)7-13(9(12)3)21(16,19)20/h6-8,10H,5H2,1-4H3,(H,17,18)(H2,16,19,20). The summed E-state index contributed by atoms with van der Waals surface area (Å²) in [5.41, 5.74) is 0.665. The highest BCUT2D eigenvalue weighted by Gasteiger charge is 2.21. The van der Waals surface area contributed by atoms with Gasteiger partial charge in [0.1, 0.15) is 0 Å². The van der Waals surface area contributed by atoms with Crippen LogP contribution in [0.5, 0.6) is 0 Å². The first-order valence-corrected chi connectivity index (χ1v) is 9.05. The van der Waals surface area contributed by atoms with E-state index in [-0.39, 0.29) is 16.8 Å². The summed E-state index contributed by atoms with van der Waals surface area (Å²) in [7, 11) is -3.87. The van der Waals surface area contributed by atoms with E-state index in [1.165, 1.54) is 6.07 Å². The van der Waals surface area contributed by atoms with E-state index in [0.717, 1.165) is 6.42 Å². The smallest absolute Gasteiger partial charge is 0.251 e. The van der Waals surface area contributed by atoms with Gasteiger partial charge in [-0.25, -0.2) is 13.6 Å². The Hall–Kier alpha value is -0.920. The van der Waals surface area contributed by atoms with Crippen LogP contribution in [0.15, 0.2) is 21.5 Å². The summed E-state index contributed by atoms with van der Waals surface area (Å²) < 4.78 is 23.7. The molecular formula is C14H21BrN2O3S. The van der Waals surface area contributed by atoms with E-state index in [0.29, 0.717) is 21.5 Å². The van der Waals surface area contributed by atoms with Crippen molar-refractivity contribution in [1.29, 1.82) is 0 Å². The maximum absolute atomic E-state index is 12.4. The average Bonchev–Trinajstić information content (AvgIpc) is 2.38. The Morgan fingerprint density at radius 1 is 1.38 bits per heavy atom. The molecule has 1 rings (SSSR count). The summed E-state index contributed by atoms with van der Waals surface area (Å²) in [5.74, 6) is 0.0330. The summed E-state index contributed by atoms with van der Waals surface area (Å²) in [5, 5.41) is 8.08. The highest BCUT2D eigenvalue weighted by atomic mass is 79.9. The van der Waals surface area contributed by atoms with Crippen molar-refractivity contribution >= 4 is 31.9 Å². The molecule has 2 unspecified atom stereocenters. The lowest BCUT2D eigenvalue weighted by molar-refractivity contribution is 0.0927. The summed E-state index contributed by atoms with van der Waals surface area (Å²) in [6.45, 7) is 7.61. The number of carbonyl (C=O) groups excluding carboxylic acids is 1. The first kappa shape index (κ1) is 18.1. The molecule has 0 spiro atoms. The molecule has 1 amide bonds. The van der Waals surface area contributed by atoms with Crippen molar-refractivity contribution in [3.8, 4) is 0 Å². The van der Waals surface area contributed by atoms with Gasteiger partial charge in [0.2, 0.25) is 10.0 Å². The number of nitrogens with one attached hydrogen (secondary N) is 1. The molecule has 0 aromatic heterocycles. The molecule has 21 heavy (non-hydrogen) atoms. The minimum absolute atomic E-state index is 0.00110. The molecule has 2 atom stereocenters. The normalized spacial score (nSPS) is 14.6. The zero-order chi connectivity index (χ0) is 16.4. The lowest BCUT2D eigenvalue weighted by atomic mass is 10.00. The second kappa shape index (κ2) is 6.89. The second-order valence-electron chi connectivity index (χ2n) is 5.27. The average molecular weight is 377 g/mol. The van der Waals surface area contributed by atoms with Crippen molar-refractivity contribution in [2.75, 3.05) is 0 Å². The monoisotopic (exact) mass is 376 g/mol. The highest BCUT2D eigenvalue weighted by Crippen LogP contribution is 2.24. The number of nitrogens with two attached hydrogens (primary N) is 1. The molecular weight excluding hydrogens is 356 g/mol. The van der Waals surface area contributed by atoms with Crippen molar-refractivity contribution in [2.24, 2.45) is 11.1 Å². The van der Waals surface area contributed by atoms with E-state index in [1.807, 2.05) is 6.92 Å². The van der Waals surface area contributed by atoms with E-state index >= 15 is 0 Å². The van der Waals surface area contributed by atoms with Gasteiger partial charge in [0, 0.05) is 16.1 Å². The Kier molecular flexibility index (Phi) is 5.95. The fraction of sp³-hybridized carbons (Fsp3) is 0.500. The maximum atomic E-state index is 12.4. The first-order chi connectivity index (χ1) is 9.57. The number of sulfonamides is 1. The van der Waals surface area contributed by atoms with Crippen LogP contribution < -0.4 is 10.5 Å². The molecule has 118 valence electrons. The Morgan fingerprint density at radius 3 is 2.43 bits per heavy atom. The predicted molar refractivity (Wildman–Crippen MR) is 86.6 cm³/mol. The topological polar surface area (TPSA) is 89.3 Å². The summed E-state index contributed by atoms with van der Waals surface area (Å²) >= 11 is 3.22. The third kappa shape index (κ3) is 4.52. The van der Waals surface area contributed by atoms with Crippen molar-refractivity contribution in [1.82, 2.24) is 5.32 Å². The molecule has 0 fully saturated rings. The van der Waals surface area contributed by atoms with E-state index in [1.54, 1.807) is 13.0 Å². The zero-order valence-corrected chi connectivity index (χ0v) is 15.0. The largest absolute Gasteiger partial charge is 0.349 e. The molecule has 7 heteroatoms. The summed E-state index contributed by atoms with van der Waals surface area (Å²) in [6, 6.07) is 3.00. The van der Waals surface area contributed by atoms with E-state index in [2.05, 4.69) is 35.1 Å². The van der Waals surface area contributed by atoms with Crippen LogP contribution in [0.3, 0.4) is 0 Å². The molecule has 0 aliphatic carbocycles. The molecule has 1 aromatic rings. The van der Waals surface area contributed by atoms with Crippen LogP contribution in [0, 0.1) is 12.8 Å². The summed E-state index contributed by atoms with van der Waals surface area (Å²) in [6.07, 6.45) is 0.946. The molecule has 0 saturated heterocycles. The van der Waals surface area contributed by atoms with Crippen LogP contribution in [0.4, 0.5) is 0 Å². The number of rotatable bonds is 5. The molecule has 0 bridgehead atoms. The van der Waals surface area contributed by atoms with Crippen LogP contribution >= 0.6 is 15.9 Å². The Morgan fingerprint density at radius 2 is 1.95 bits per heavy atom. The zero-order valence-electron chi connectivity index (χ0n) is 12.6. The number of primary sulfonamides is 1.